The maximum Gasteiger partial charge on any atom is 0.254 e. The first-order chi connectivity index (χ1) is 16.0. The molecule has 2 aromatic rings. The van der Waals surface area contributed by atoms with Gasteiger partial charge >= 0.3 is 0 Å². The van der Waals surface area contributed by atoms with Crippen LogP contribution in [0.2, 0.25) is 0 Å². The predicted molar refractivity (Wildman–Crippen MR) is 127 cm³/mol. The Balaban J connectivity index is 1.17. The Hall–Kier alpha value is -2.97. The van der Waals surface area contributed by atoms with Gasteiger partial charge in [0.05, 0.1) is 12.0 Å². The van der Waals surface area contributed by atoms with Gasteiger partial charge in [0, 0.05) is 56.0 Å². The van der Waals surface area contributed by atoms with E-state index < -0.39 is 0 Å². The zero-order valence-corrected chi connectivity index (χ0v) is 19.4. The number of aromatic nitrogens is 4. The standard InChI is InChI=1S/C24H33N7O2/c1-17-13-21(28-24(26-17)27-19-5-3-2-4-6-19)29-9-11-30(12-10-29)23(33)15-31-16-25-20(14-22(31)32)18-7-8-18/h13-14,16,18-19H,2-12,15H2,1H3,(H,26,27,28). The van der Waals surface area contributed by atoms with Crippen molar-refractivity contribution in [2.45, 2.75) is 70.4 Å². The Morgan fingerprint density at radius 3 is 2.48 bits per heavy atom. The van der Waals surface area contributed by atoms with Crippen molar-refractivity contribution in [3.63, 3.8) is 0 Å². The number of amides is 1. The molecule has 3 fully saturated rings. The van der Waals surface area contributed by atoms with Gasteiger partial charge in [-0.1, -0.05) is 19.3 Å². The average Bonchev–Trinajstić information content (AvgIpc) is 3.66. The third-order valence-electron chi connectivity index (χ3n) is 6.94. The Bertz CT molecular complexity index is 1050. The minimum absolute atomic E-state index is 0.0405. The first-order valence-corrected chi connectivity index (χ1v) is 12.3. The monoisotopic (exact) mass is 451 g/mol. The van der Waals surface area contributed by atoms with Crippen molar-refractivity contribution < 1.29 is 4.79 Å². The van der Waals surface area contributed by atoms with E-state index in [2.05, 4.69) is 20.2 Å². The van der Waals surface area contributed by atoms with Gasteiger partial charge in [-0.3, -0.25) is 14.2 Å². The molecule has 0 spiro atoms. The van der Waals surface area contributed by atoms with Crippen molar-refractivity contribution >= 4 is 17.7 Å². The summed E-state index contributed by atoms with van der Waals surface area (Å²) in [5.74, 6) is 2.00. The lowest BCUT2D eigenvalue weighted by atomic mass is 9.96. The van der Waals surface area contributed by atoms with Gasteiger partial charge in [0.2, 0.25) is 11.9 Å². The van der Waals surface area contributed by atoms with E-state index in [1.54, 1.807) is 6.07 Å². The molecule has 0 radical (unpaired) electrons. The van der Waals surface area contributed by atoms with Gasteiger partial charge in [0.15, 0.2) is 0 Å². The summed E-state index contributed by atoms with van der Waals surface area (Å²) in [6.45, 7) is 4.67. The molecule has 9 nitrogen and oxygen atoms in total. The van der Waals surface area contributed by atoms with Crippen molar-refractivity contribution in [1.29, 1.82) is 0 Å². The summed E-state index contributed by atoms with van der Waals surface area (Å²) in [6.07, 6.45) is 9.92. The first-order valence-electron chi connectivity index (χ1n) is 12.3. The van der Waals surface area contributed by atoms with Gasteiger partial charge in [-0.05, 0) is 32.6 Å². The van der Waals surface area contributed by atoms with E-state index in [1.807, 2.05) is 17.9 Å². The topological polar surface area (TPSA) is 96.3 Å². The molecule has 3 aliphatic rings. The van der Waals surface area contributed by atoms with Crippen LogP contribution in [0.1, 0.15) is 62.3 Å². The second-order valence-corrected chi connectivity index (χ2v) is 9.59. The molecule has 2 saturated carbocycles. The number of piperazine rings is 1. The number of nitrogens with zero attached hydrogens (tertiary/aromatic N) is 6. The highest BCUT2D eigenvalue weighted by Gasteiger charge is 2.26. The summed E-state index contributed by atoms with van der Waals surface area (Å²) < 4.78 is 1.41. The number of hydrogen-bond acceptors (Lipinski definition) is 7. The predicted octanol–water partition coefficient (Wildman–Crippen LogP) is 2.31. The fourth-order valence-electron chi connectivity index (χ4n) is 4.80. The van der Waals surface area contributed by atoms with E-state index in [4.69, 9.17) is 4.98 Å². The van der Waals surface area contributed by atoms with Crippen molar-refractivity contribution in [3.05, 3.63) is 40.2 Å². The normalized spacial score (nSPS) is 19.5. The van der Waals surface area contributed by atoms with Crippen molar-refractivity contribution in [2.24, 2.45) is 0 Å². The maximum absolute atomic E-state index is 12.8. The molecule has 5 rings (SSSR count). The molecule has 1 N–H and O–H groups in total. The molecule has 1 aliphatic heterocycles. The largest absolute Gasteiger partial charge is 0.353 e. The van der Waals surface area contributed by atoms with Crippen LogP contribution in [0.5, 0.6) is 0 Å². The number of aryl methyl sites for hydroxylation is 1. The van der Waals surface area contributed by atoms with Gasteiger partial charge in [0.25, 0.3) is 5.56 Å². The molecule has 176 valence electrons. The van der Waals surface area contributed by atoms with E-state index in [0.717, 1.165) is 30.0 Å². The molecule has 1 saturated heterocycles. The molecule has 3 heterocycles. The molecule has 0 unspecified atom stereocenters. The Labute approximate surface area is 194 Å². The molecule has 1 amide bonds. The highest BCUT2D eigenvalue weighted by atomic mass is 16.2. The summed E-state index contributed by atoms with van der Waals surface area (Å²) in [6, 6.07) is 4.05. The fraction of sp³-hybridized carbons (Fsp3) is 0.625. The van der Waals surface area contributed by atoms with E-state index in [-0.39, 0.29) is 18.0 Å². The molecular formula is C24H33N7O2. The van der Waals surface area contributed by atoms with Crippen molar-refractivity contribution in [3.8, 4) is 0 Å². The second-order valence-electron chi connectivity index (χ2n) is 9.59. The number of carbonyl (C=O) groups excluding carboxylic acids is 1. The van der Waals surface area contributed by atoms with E-state index >= 15 is 0 Å². The number of nitrogens with one attached hydrogen (secondary N) is 1. The lowest BCUT2D eigenvalue weighted by Gasteiger charge is -2.35. The van der Waals surface area contributed by atoms with Crippen LogP contribution in [0.4, 0.5) is 11.8 Å². The number of rotatable bonds is 6. The van der Waals surface area contributed by atoms with Gasteiger partial charge in [-0.15, -0.1) is 0 Å². The molecule has 2 aliphatic carbocycles. The molecule has 0 bridgehead atoms. The third kappa shape index (κ3) is 5.34. The van der Waals surface area contributed by atoms with Crippen LogP contribution in [0.15, 0.2) is 23.3 Å². The van der Waals surface area contributed by atoms with E-state index in [1.165, 1.54) is 43.0 Å². The molecular weight excluding hydrogens is 418 g/mol. The fourth-order valence-corrected chi connectivity index (χ4v) is 4.80. The quantitative estimate of drug-likeness (QED) is 0.720. The van der Waals surface area contributed by atoms with Gasteiger partial charge in [-0.2, -0.15) is 4.98 Å². The van der Waals surface area contributed by atoms with Crippen LogP contribution in [-0.2, 0) is 11.3 Å². The number of hydrogen-bond donors (Lipinski definition) is 1. The molecule has 9 heteroatoms. The highest BCUT2D eigenvalue weighted by Crippen LogP contribution is 2.38. The second kappa shape index (κ2) is 9.49. The summed E-state index contributed by atoms with van der Waals surface area (Å²) in [5, 5.41) is 3.52. The molecule has 0 atom stereocenters. The van der Waals surface area contributed by atoms with Crippen molar-refractivity contribution in [1.82, 2.24) is 24.4 Å². The average molecular weight is 452 g/mol. The Morgan fingerprint density at radius 1 is 1.03 bits per heavy atom. The first kappa shape index (κ1) is 21.9. The summed E-state index contributed by atoms with van der Waals surface area (Å²) in [4.78, 5) is 42.9. The SMILES string of the molecule is Cc1cc(N2CCN(C(=O)Cn3cnc(C4CC4)cc3=O)CC2)nc(NC2CCCCC2)n1. The Morgan fingerprint density at radius 2 is 1.79 bits per heavy atom. The van der Waals surface area contributed by atoms with Crippen LogP contribution in [0, 0.1) is 6.92 Å². The lowest BCUT2D eigenvalue weighted by Crippen LogP contribution is -2.50. The lowest BCUT2D eigenvalue weighted by molar-refractivity contribution is -0.132. The maximum atomic E-state index is 12.8. The summed E-state index contributed by atoms with van der Waals surface area (Å²) in [7, 11) is 0. The summed E-state index contributed by atoms with van der Waals surface area (Å²) in [5.41, 5.74) is 1.65. The third-order valence-corrected chi connectivity index (χ3v) is 6.94. The zero-order valence-electron chi connectivity index (χ0n) is 19.4. The molecule has 33 heavy (non-hydrogen) atoms. The van der Waals surface area contributed by atoms with Crippen molar-refractivity contribution in [2.75, 3.05) is 36.4 Å². The molecule has 0 aromatic carbocycles. The van der Waals surface area contributed by atoms with E-state index in [0.29, 0.717) is 44.1 Å². The van der Waals surface area contributed by atoms with Crippen LogP contribution < -0.4 is 15.8 Å². The van der Waals surface area contributed by atoms with E-state index in [9.17, 15) is 9.59 Å². The highest BCUT2D eigenvalue weighted by molar-refractivity contribution is 5.76. The smallest absolute Gasteiger partial charge is 0.254 e. The minimum atomic E-state index is -0.145. The van der Waals surface area contributed by atoms with Crippen LogP contribution in [0.25, 0.3) is 0 Å². The van der Waals surface area contributed by atoms with Gasteiger partial charge < -0.3 is 15.1 Å². The van der Waals surface area contributed by atoms with Gasteiger partial charge in [0.1, 0.15) is 12.4 Å². The van der Waals surface area contributed by atoms with Crippen LogP contribution in [-0.4, -0.2) is 62.5 Å². The van der Waals surface area contributed by atoms with Gasteiger partial charge in [-0.25, -0.2) is 9.97 Å². The van der Waals surface area contributed by atoms with Crippen LogP contribution >= 0.6 is 0 Å². The zero-order chi connectivity index (χ0) is 22.8. The summed E-state index contributed by atoms with van der Waals surface area (Å²) >= 11 is 0. The van der Waals surface area contributed by atoms with Crippen LogP contribution in [0.3, 0.4) is 0 Å². The Kier molecular flexibility index (Phi) is 6.28. The number of carbonyl (C=O) groups is 1. The minimum Gasteiger partial charge on any atom is -0.353 e. The number of anilines is 2. The molecule has 2 aromatic heterocycles.